The van der Waals surface area contributed by atoms with Crippen LogP contribution in [0.1, 0.15) is 22.3 Å². The van der Waals surface area contributed by atoms with E-state index in [9.17, 15) is 9.18 Å². The van der Waals surface area contributed by atoms with Crippen molar-refractivity contribution in [3.05, 3.63) is 65.5 Å². The van der Waals surface area contributed by atoms with Crippen LogP contribution in [0.4, 0.5) is 10.1 Å². The number of nitrogens with one attached hydrogen (secondary N) is 1. The van der Waals surface area contributed by atoms with Gasteiger partial charge in [0.15, 0.2) is 5.11 Å². The molecule has 0 unspecified atom stereocenters. The Kier molecular flexibility index (Phi) is 8.75. The minimum atomic E-state index is -0.435. The summed E-state index contributed by atoms with van der Waals surface area (Å²) in [6.07, 6.45) is 0.899. The molecule has 0 aromatic heterocycles. The summed E-state index contributed by atoms with van der Waals surface area (Å²) in [7, 11) is 1.35. The molecular weight excluding hydrogens is 417 g/mol. The SMILES string of the molecule is COC(=O)c1ccccc1NC(=S)N(CCCN1CCOCC1)Cc1cccc(F)c1. The predicted molar refractivity (Wildman–Crippen MR) is 123 cm³/mol. The lowest BCUT2D eigenvalue weighted by atomic mass is 10.2. The number of nitrogens with zero attached hydrogens (tertiary/aromatic N) is 2. The molecule has 1 aliphatic heterocycles. The Hall–Kier alpha value is -2.55. The summed E-state index contributed by atoms with van der Waals surface area (Å²) in [6, 6.07) is 13.6. The number of hydrogen-bond acceptors (Lipinski definition) is 5. The highest BCUT2D eigenvalue weighted by molar-refractivity contribution is 7.80. The average molecular weight is 446 g/mol. The second-order valence-electron chi connectivity index (χ2n) is 7.33. The van der Waals surface area contributed by atoms with Gasteiger partial charge in [-0.3, -0.25) is 4.90 Å². The van der Waals surface area contributed by atoms with Crippen LogP contribution in [-0.2, 0) is 16.0 Å². The zero-order valence-corrected chi connectivity index (χ0v) is 18.5. The van der Waals surface area contributed by atoms with E-state index in [1.807, 2.05) is 17.0 Å². The summed E-state index contributed by atoms with van der Waals surface area (Å²) in [6.45, 7) is 5.48. The second kappa shape index (κ2) is 11.7. The van der Waals surface area contributed by atoms with Crippen molar-refractivity contribution in [3.8, 4) is 0 Å². The van der Waals surface area contributed by atoms with Crippen molar-refractivity contribution in [2.75, 3.05) is 51.8 Å². The monoisotopic (exact) mass is 445 g/mol. The zero-order chi connectivity index (χ0) is 22.1. The van der Waals surface area contributed by atoms with Crippen LogP contribution < -0.4 is 5.32 Å². The third-order valence-electron chi connectivity index (χ3n) is 5.13. The first-order chi connectivity index (χ1) is 15.1. The summed E-state index contributed by atoms with van der Waals surface area (Å²) in [4.78, 5) is 16.5. The summed E-state index contributed by atoms with van der Waals surface area (Å²) in [5, 5.41) is 3.65. The molecule has 3 rings (SSSR count). The lowest BCUT2D eigenvalue weighted by Gasteiger charge is -2.30. The molecule has 0 saturated carbocycles. The maximum Gasteiger partial charge on any atom is 0.339 e. The van der Waals surface area contributed by atoms with E-state index in [2.05, 4.69) is 10.2 Å². The molecule has 2 aromatic rings. The van der Waals surface area contributed by atoms with Crippen LogP contribution in [0.2, 0.25) is 0 Å². The van der Waals surface area contributed by atoms with Gasteiger partial charge in [0.2, 0.25) is 0 Å². The summed E-state index contributed by atoms with van der Waals surface area (Å²) in [5.74, 6) is -0.712. The van der Waals surface area contributed by atoms with Crippen LogP contribution in [-0.4, -0.2) is 67.4 Å². The molecule has 31 heavy (non-hydrogen) atoms. The number of thiocarbonyl (C=S) groups is 1. The molecule has 8 heteroatoms. The largest absolute Gasteiger partial charge is 0.465 e. The fraction of sp³-hybridized carbons (Fsp3) is 0.391. The van der Waals surface area contributed by atoms with Gasteiger partial charge in [-0.05, 0) is 48.5 Å². The van der Waals surface area contributed by atoms with Gasteiger partial charge in [0.1, 0.15) is 5.82 Å². The van der Waals surface area contributed by atoms with E-state index >= 15 is 0 Å². The van der Waals surface area contributed by atoms with Gasteiger partial charge in [-0.1, -0.05) is 24.3 Å². The molecule has 0 bridgehead atoms. The van der Waals surface area contributed by atoms with Crippen molar-refractivity contribution in [2.24, 2.45) is 0 Å². The summed E-state index contributed by atoms with van der Waals surface area (Å²) >= 11 is 5.68. The Morgan fingerprint density at radius 2 is 2.00 bits per heavy atom. The molecular formula is C23H28FN3O3S. The Balaban J connectivity index is 1.70. The number of ether oxygens (including phenoxy) is 2. The highest BCUT2D eigenvalue weighted by Gasteiger charge is 2.17. The Labute approximate surface area is 187 Å². The molecule has 1 saturated heterocycles. The molecule has 0 spiro atoms. The minimum absolute atomic E-state index is 0.277. The van der Waals surface area contributed by atoms with Gasteiger partial charge in [-0.15, -0.1) is 0 Å². The van der Waals surface area contributed by atoms with Gasteiger partial charge in [-0.25, -0.2) is 9.18 Å². The topological polar surface area (TPSA) is 54.0 Å². The molecule has 0 aliphatic carbocycles. The molecule has 166 valence electrons. The molecule has 1 heterocycles. The lowest BCUT2D eigenvalue weighted by molar-refractivity contribution is 0.0367. The third-order valence-corrected chi connectivity index (χ3v) is 5.49. The van der Waals surface area contributed by atoms with Crippen LogP contribution in [0.5, 0.6) is 0 Å². The maximum atomic E-state index is 13.7. The van der Waals surface area contributed by atoms with E-state index in [0.29, 0.717) is 29.5 Å². The van der Waals surface area contributed by atoms with Gasteiger partial charge in [0.05, 0.1) is 31.6 Å². The Bertz CT molecular complexity index is 890. The highest BCUT2D eigenvalue weighted by Crippen LogP contribution is 2.18. The minimum Gasteiger partial charge on any atom is -0.465 e. The van der Waals surface area contributed by atoms with Gasteiger partial charge >= 0.3 is 5.97 Å². The van der Waals surface area contributed by atoms with Crippen molar-refractivity contribution in [2.45, 2.75) is 13.0 Å². The van der Waals surface area contributed by atoms with Crippen molar-refractivity contribution >= 4 is 29.0 Å². The second-order valence-corrected chi connectivity index (χ2v) is 7.71. The summed E-state index contributed by atoms with van der Waals surface area (Å²) < 4.78 is 24.0. The molecule has 6 nitrogen and oxygen atoms in total. The molecule has 0 radical (unpaired) electrons. The standard InChI is InChI=1S/C23H28FN3O3S/c1-29-22(28)20-8-2-3-9-21(20)25-23(31)27(17-18-6-4-7-19(24)16-18)11-5-10-26-12-14-30-15-13-26/h2-4,6-9,16H,5,10-15,17H2,1H3,(H,25,31). The number of morpholine rings is 1. The van der Waals surface area contributed by atoms with Crippen LogP contribution >= 0.6 is 12.2 Å². The lowest BCUT2D eigenvalue weighted by Crippen LogP contribution is -2.40. The number of halogens is 1. The van der Waals surface area contributed by atoms with Crippen molar-refractivity contribution in [1.82, 2.24) is 9.80 Å². The Morgan fingerprint density at radius 3 is 2.74 bits per heavy atom. The number of anilines is 1. The number of para-hydroxylation sites is 1. The molecule has 0 amide bonds. The van der Waals surface area contributed by atoms with Crippen LogP contribution in [0.15, 0.2) is 48.5 Å². The predicted octanol–water partition coefficient (Wildman–Crippen LogP) is 3.53. The first-order valence-electron chi connectivity index (χ1n) is 10.3. The highest BCUT2D eigenvalue weighted by atomic mass is 32.1. The van der Waals surface area contributed by atoms with Crippen molar-refractivity contribution in [1.29, 1.82) is 0 Å². The van der Waals surface area contributed by atoms with E-state index < -0.39 is 5.97 Å². The first-order valence-corrected chi connectivity index (χ1v) is 10.8. The van der Waals surface area contributed by atoms with E-state index in [1.54, 1.807) is 24.3 Å². The first kappa shape index (κ1) is 23.1. The number of hydrogen-bond donors (Lipinski definition) is 1. The van der Waals surface area contributed by atoms with E-state index in [0.717, 1.165) is 44.8 Å². The van der Waals surface area contributed by atoms with Crippen LogP contribution in [0.25, 0.3) is 0 Å². The number of esters is 1. The normalized spacial score (nSPS) is 14.1. The molecule has 0 atom stereocenters. The smallest absolute Gasteiger partial charge is 0.339 e. The molecule has 2 aromatic carbocycles. The Morgan fingerprint density at radius 1 is 1.23 bits per heavy atom. The number of carbonyl (C=O) groups is 1. The average Bonchev–Trinajstić information content (AvgIpc) is 2.79. The van der Waals surface area contributed by atoms with Crippen molar-refractivity contribution in [3.63, 3.8) is 0 Å². The zero-order valence-electron chi connectivity index (χ0n) is 17.7. The number of benzene rings is 2. The number of methoxy groups -OCH3 is 1. The van der Waals surface area contributed by atoms with Gasteiger partial charge in [0.25, 0.3) is 0 Å². The fourth-order valence-corrected chi connectivity index (χ4v) is 3.76. The summed E-state index contributed by atoms with van der Waals surface area (Å²) in [5.41, 5.74) is 1.82. The van der Waals surface area contributed by atoms with Gasteiger partial charge < -0.3 is 19.7 Å². The van der Waals surface area contributed by atoms with Crippen LogP contribution in [0, 0.1) is 5.82 Å². The van der Waals surface area contributed by atoms with Crippen LogP contribution in [0.3, 0.4) is 0 Å². The van der Waals surface area contributed by atoms with Gasteiger partial charge in [0, 0.05) is 32.7 Å². The quantitative estimate of drug-likeness (QED) is 0.493. The van der Waals surface area contributed by atoms with Gasteiger partial charge in [-0.2, -0.15) is 0 Å². The fourth-order valence-electron chi connectivity index (χ4n) is 3.49. The molecule has 1 N–H and O–H groups in total. The van der Waals surface area contributed by atoms with Crippen molar-refractivity contribution < 1.29 is 18.7 Å². The van der Waals surface area contributed by atoms with E-state index in [1.165, 1.54) is 19.2 Å². The number of rotatable bonds is 8. The molecule has 1 fully saturated rings. The number of carbonyl (C=O) groups excluding carboxylic acids is 1. The maximum absolute atomic E-state index is 13.7. The van der Waals surface area contributed by atoms with E-state index in [-0.39, 0.29) is 5.82 Å². The van der Waals surface area contributed by atoms with E-state index in [4.69, 9.17) is 21.7 Å². The molecule has 1 aliphatic rings. The third kappa shape index (κ3) is 6.99.